The van der Waals surface area contributed by atoms with E-state index >= 15 is 0 Å². The highest BCUT2D eigenvalue weighted by molar-refractivity contribution is 7.47. The third-order valence-electron chi connectivity index (χ3n) is 18.0. The fourth-order valence-electron chi connectivity index (χ4n) is 11.5. The summed E-state index contributed by atoms with van der Waals surface area (Å²) in [6.45, 7) is 4.64. The molecule has 0 aliphatic heterocycles. The third kappa shape index (κ3) is 79.5. The monoisotopic (exact) mass is 1560 g/mol. The SMILES string of the molecule is CC/C=C\C/C=C\C/C=C\C/C=C\C/C=C\CCCCCC(=O)OC[C@H](COP(=O)(O)OC[C@@H](O)COP(=O)(O)OC[C@@H](COC(=O)CCCCCCCCCCCCCCCCC)OC(=O)CCCCC/C=C\C/C=C\C/C=C\C/C=C\C/C=C\CC)OC(=O)CCCCCCCCCCCCCCCCC. The summed E-state index contributed by atoms with van der Waals surface area (Å²) in [5.41, 5.74) is 0. The maximum Gasteiger partial charge on any atom is 0.472 e. The summed E-state index contributed by atoms with van der Waals surface area (Å²) in [7, 11) is -9.98. The Balaban J connectivity index is 5.42. The number of hydrogen-bond acceptors (Lipinski definition) is 15. The number of carbonyl (C=O) groups is 4. The molecule has 0 rings (SSSR count). The Morgan fingerprint density at radius 1 is 0.269 bits per heavy atom. The molecule has 19 heteroatoms. The zero-order valence-electron chi connectivity index (χ0n) is 68.2. The van der Waals surface area contributed by atoms with Crippen LogP contribution in [0, 0.1) is 0 Å². The largest absolute Gasteiger partial charge is 0.472 e. The van der Waals surface area contributed by atoms with Crippen molar-refractivity contribution in [2.45, 2.75) is 380 Å². The standard InChI is InChI=1S/C89H154O17P2/c1-5-9-13-17-21-25-29-33-37-39-41-43-47-50-54-58-62-66-70-74-87(92)100-80-84(105-88(93)75-71-67-63-59-55-51-46-36-32-28-24-20-16-12-8-4)81-103-107(95,96)101-77-83(90)78-102-108(97,98)104-82-85(79-99-86(91)73-69-65-61-57-53-49-45-35-31-27-23-19-15-11-7-3)106-89(94)76-72-68-64-60-56-52-48-44-42-40-38-34-30-26-22-18-14-10-6-2/h9-10,13-14,21-22,25-26,33-34,37-38,41-44,50,52,54,56,83-85,90H,5-8,11-12,15-20,23-24,27-32,35-36,39-40,45-49,51,53,55,57-82H2,1-4H3,(H,95,96)(H,97,98)/b13-9-,14-10-,25-21-,26-22-,37-33-,38-34-,43-41-,44-42-,54-50-,56-52-/t83-,84-,85-/m1/s1. The number of allylic oxidation sites excluding steroid dienone is 20. The van der Waals surface area contributed by atoms with E-state index < -0.39 is 97.5 Å². The average molecular weight is 1560 g/mol. The number of phosphoric acid groups is 2. The highest BCUT2D eigenvalue weighted by atomic mass is 31.2. The van der Waals surface area contributed by atoms with Crippen LogP contribution in [0.25, 0.3) is 0 Å². The number of rotatable bonds is 80. The molecule has 0 heterocycles. The van der Waals surface area contributed by atoms with Crippen LogP contribution in [0.3, 0.4) is 0 Å². The molecular formula is C89H154O17P2. The van der Waals surface area contributed by atoms with Gasteiger partial charge in [0.25, 0.3) is 0 Å². The maximum atomic E-state index is 13.1. The van der Waals surface area contributed by atoms with Crippen LogP contribution in [0.2, 0.25) is 0 Å². The van der Waals surface area contributed by atoms with Gasteiger partial charge in [0, 0.05) is 25.7 Å². The number of aliphatic hydroxyl groups is 1. The molecule has 0 aliphatic carbocycles. The highest BCUT2D eigenvalue weighted by Crippen LogP contribution is 2.45. The Bertz CT molecular complexity index is 2520. The van der Waals surface area contributed by atoms with Gasteiger partial charge in [-0.3, -0.25) is 37.3 Å². The number of carbonyl (C=O) groups excluding carboxylic acids is 4. The molecule has 5 atom stereocenters. The Morgan fingerprint density at radius 2 is 0.481 bits per heavy atom. The van der Waals surface area contributed by atoms with Crippen molar-refractivity contribution in [2.75, 3.05) is 39.6 Å². The number of hydrogen-bond donors (Lipinski definition) is 3. The average Bonchev–Trinajstić information content (AvgIpc) is 0.914. The summed E-state index contributed by atoms with van der Waals surface area (Å²) in [4.78, 5) is 73.2. The van der Waals surface area contributed by atoms with Crippen molar-refractivity contribution in [3.05, 3.63) is 122 Å². The van der Waals surface area contributed by atoms with E-state index in [1.165, 1.54) is 135 Å². The number of esters is 4. The lowest BCUT2D eigenvalue weighted by Gasteiger charge is -2.21. The van der Waals surface area contributed by atoms with E-state index in [4.69, 9.17) is 37.0 Å². The van der Waals surface area contributed by atoms with Crippen molar-refractivity contribution in [2.24, 2.45) is 0 Å². The molecule has 0 aromatic rings. The zero-order chi connectivity index (χ0) is 78.9. The molecule has 0 aromatic carbocycles. The molecule has 0 saturated heterocycles. The van der Waals surface area contributed by atoms with Crippen LogP contribution < -0.4 is 0 Å². The summed E-state index contributed by atoms with van der Waals surface area (Å²) in [6.07, 6.45) is 90.2. The van der Waals surface area contributed by atoms with Crippen molar-refractivity contribution in [1.82, 2.24) is 0 Å². The fraction of sp³-hybridized carbons (Fsp3) is 0.730. The van der Waals surface area contributed by atoms with E-state index in [0.717, 1.165) is 148 Å². The summed E-state index contributed by atoms with van der Waals surface area (Å²) in [6, 6.07) is 0. The van der Waals surface area contributed by atoms with Gasteiger partial charge in [-0.25, -0.2) is 9.13 Å². The van der Waals surface area contributed by atoms with Crippen molar-refractivity contribution >= 4 is 39.5 Å². The second-order valence-electron chi connectivity index (χ2n) is 28.4. The fourth-order valence-corrected chi connectivity index (χ4v) is 13.1. The Morgan fingerprint density at radius 3 is 0.741 bits per heavy atom. The molecule has 0 spiro atoms. The topological polar surface area (TPSA) is 237 Å². The first-order valence-corrected chi connectivity index (χ1v) is 45.8. The minimum absolute atomic E-state index is 0.0559. The molecule has 0 fully saturated rings. The lowest BCUT2D eigenvalue weighted by molar-refractivity contribution is -0.161. The van der Waals surface area contributed by atoms with Gasteiger partial charge in [0.1, 0.15) is 19.3 Å². The first-order chi connectivity index (χ1) is 52.7. The molecule has 3 N–H and O–H groups in total. The molecule has 2 unspecified atom stereocenters. The molecular weight excluding hydrogens is 1400 g/mol. The normalized spacial score (nSPS) is 14.4. The molecule has 622 valence electrons. The number of unbranched alkanes of at least 4 members (excludes halogenated alkanes) is 34. The van der Waals surface area contributed by atoms with Crippen molar-refractivity contribution in [3.63, 3.8) is 0 Å². The van der Waals surface area contributed by atoms with Gasteiger partial charge in [0.05, 0.1) is 26.4 Å². The molecule has 17 nitrogen and oxygen atoms in total. The van der Waals surface area contributed by atoms with E-state index in [-0.39, 0.29) is 25.7 Å². The first-order valence-electron chi connectivity index (χ1n) is 42.8. The summed E-state index contributed by atoms with van der Waals surface area (Å²) >= 11 is 0. The lowest BCUT2D eigenvalue weighted by Crippen LogP contribution is -2.30. The van der Waals surface area contributed by atoms with Crippen LogP contribution in [0.5, 0.6) is 0 Å². The Labute approximate surface area is 657 Å². The minimum Gasteiger partial charge on any atom is -0.462 e. The van der Waals surface area contributed by atoms with Crippen LogP contribution in [0.15, 0.2) is 122 Å². The summed E-state index contributed by atoms with van der Waals surface area (Å²) in [5, 5.41) is 10.7. The van der Waals surface area contributed by atoms with E-state index in [9.17, 15) is 43.2 Å². The van der Waals surface area contributed by atoms with Gasteiger partial charge in [0.15, 0.2) is 12.2 Å². The molecule has 0 bridgehead atoms. The number of ether oxygens (including phenoxy) is 4. The van der Waals surface area contributed by atoms with Gasteiger partial charge in [0.2, 0.25) is 0 Å². The lowest BCUT2D eigenvalue weighted by atomic mass is 10.0. The van der Waals surface area contributed by atoms with Gasteiger partial charge in [-0.2, -0.15) is 0 Å². The predicted octanol–water partition coefficient (Wildman–Crippen LogP) is 25.5. The minimum atomic E-state index is -4.99. The molecule has 108 heavy (non-hydrogen) atoms. The first kappa shape index (κ1) is 103. The predicted molar refractivity (Wildman–Crippen MR) is 445 cm³/mol. The van der Waals surface area contributed by atoms with Gasteiger partial charge in [-0.05, 0) is 116 Å². The summed E-state index contributed by atoms with van der Waals surface area (Å²) in [5.74, 6) is -2.23. The second kappa shape index (κ2) is 80.5. The molecule has 0 aliphatic rings. The highest BCUT2D eigenvalue weighted by Gasteiger charge is 2.30. The van der Waals surface area contributed by atoms with E-state index in [0.29, 0.717) is 25.7 Å². The molecule has 0 saturated carbocycles. The quantitative estimate of drug-likeness (QED) is 0.0169. The zero-order valence-corrected chi connectivity index (χ0v) is 70.0. The maximum absolute atomic E-state index is 13.1. The smallest absolute Gasteiger partial charge is 0.462 e. The molecule has 0 aromatic heterocycles. The van der Waals surface area contributed by atoms with E-state index in [1.807, 2.05) is 0 Å². The van der Waals surface area contributed by atoms with Gasteiger partial charge in [-0.1, -0.05) is 342 Å². The van der Waals surface area contributed by atoms with E-state index in [1.54, 1.807) is 0 Å². The van der Waals surface area contributed by atoms with E-state index in [2.05, 4.69) is 149 Å². The van der Waals surface area contributed by atoms with Crippen LogP contribution in [0.4, 0.5) is 0 Å². The summed E-state index contributed by atoms with van der Waals surface area (Å²) < 4.78 is 68.8. The Kier molecular flexibility index (Phi) is 77.1. The van der Waals surface area contributed by atoms with Crippen molar-refractivity contribution in [3.8, 4) is 0 Å². The van der Waals surface area contributed by atoms with Crippen molar-refractivity contribution in [1.29, 1.82) is 0 Å². The van der Waals surface area contributed by atoms with Crippen LogP contribution in [-0.4, -0.2) is 96.7 Å². The molecule has 0 amide bonds. The second-order valence-corrected chi connectivity index (χ2v) is 31.3. The van der Waals surface area contributed by atoms with Crippen molar-refractivity contribution < 1.29 is 80.2 Å². The van der Waals surface area contributed by atoms with Gasteiger partial charge >= 0.3 is 39.5 Å². The number of phosphoric ester groups is 2. The van der Waals surface area contributed by atoms with Crippen LogP contribution in [0.1, 0.15) is 362 Å². The Hall–Kier alpha value is -4.54. The third-order valence-corrected chi connectivity index (χ3v) is 19.9. The number of aliphatic hydroxyl groups excluding tert-OH is 1. The van der Waals surface area contributed by atoms with Crippen LogP contribution >= 0.6 is 15.6 Å². The van der Waals surface area contributed by atoms with Gasteiger partial charge < -0.3 is 33.8 Å². The van der Waals surface area contributed by atoms with Gasteiger partial charge in [-0.15, -0.1) is 0 Å². The van der Waals surface area contributed by atoms with Crippen LogP contribution in [-0.2, 0) is 65.4 Å². The molecule has 0 radical (unpaired) electrons.